The second-order valence-corrected chi connectivity index (χ2v) is 10.0. The minimum atomic E-state index is -0.506. The second-order valence-electron chi connectivity index (χ2n) is 9.62. The largest absolute Gasteiger partial charge is 0.497 e. The highest BCUT2D eigenvalue weighted by Gasteiger charge is 2.36. The third-order valence-corrected chi connectivity index (χ3v) is 6.52. The lowest BCUT2D eigenvalue weighted by Gasteiger charge is -2.41. The van der Waals surface area contributed by atoms with E-state index in [4.69, 9.17) is 21.1 Å². The highest BCUT2D eigenvalue weighted by Crippen LogP contribution is 2.40. The van der Waals surface area contributed by atoms with Crippen LogP contribution in [0.5, 0.6) is 5.75 Å². The van der Waals surface area contributed by atoms with E-state index in [0.29, 0.717) is 24.5 Å². The second kappa shape index (κ2) is 9.95. The van der Waals surface area contributed by atoms with Crippen molar-refractivity contribution in [2.24, 2.45) is 5.41 Å². The van der Waals surface area contributed by atoms with Gasteiger partial charge in [0.2, 0.25) is 0 Å². The molecule has 0 radical (unpaired) electrons. The number of nitrogens with zero attached hydrogens (tertiary/aromatic N) is 3. The van der Waals surface area contributed by atoms with Crippen LogP contribution in [0.1, 0.15) is 58.4 Å². The number of aryl methyl sites for hydroxylation is 1. The van der Waals surface area contributed by atoms with E-state index in [1.807, 2.05) is 39.0 Å². The summed E-state index contributed by atoms with van der Waals surface area (Å²) in [5.41, 5.74) is 1.37. The van der Waals surface area contributed by atoms with Crippen molar-refractivity contribution in [3.05, 3.63) is 35.0 Å². The van der Waals surface area contributed by atoms with Gasteiger partial charge in [0, 0.05) is 31.1 Å². The molecule has 172 valence electrons. The van der Waals surface area contributed by atoms with Crippen LogP contribution in [0.25, 0.3) is 10.9 Å². The van der Waals surface area contributed by atoms with Crippen LogP contribution < -0.4 is 4.74 Å². The van der Waals surface area contributed by atoms with E-state index >= 15 is 0 Å². The van der Waals surface area contributed by atoms with E-state index in [-0.39, 0.29) is 11.5 Å². The first kappa shape index (κ1) is 24.1. The lowest BCUT2D eigenvalue weighted by molar-refractivity contribution is 0.00918. The monoisotopic (exact) mass is 457 g/mol. The summed E-state index contributed by atoms with van der Waals surface area (Å²) in [7, 11) is 1.65. The number of likely N-dealkylation sites (tertiary alicyclic amines) is 1. The molecule has 0 unspecified atom stereocenters. The zero-order valence-corrected chi connectivity index (χ0v) is 20.2. The van der Waals surface area contributed by atoms with E-state index in [2.05, 4.69) is 11.1 Å². The zero-order valence-electron chi connectivity index (χ0n) is 19.4. The summed E-state index contributed by atoms with van der Waals surface area (Å²) >= 11 is 6.51. The van der Waals surface area contributed by atoms with Crippen LogP contribution >= 0.6 is 11.6 Å². The molecule has 1 aromatic heterocycles. The Balaban J connectivity index is 1.67. The molecule has 0 bridgehead atoms. The first-order chi connectivity index (χ1) is 15.2. The Labute approximate surface area is 195 Å². The van der Waals surface area contributed by atoms with Crippen molar-refractivity contribution < 1.29 is 14.3 Å². The molecule has 1 amide bonds. The SMILES string of the molecule is COc1ccc2ncc(Cl)c(CCCC3(CC#N)CCN(C(=O)OC(C)(C)C)CC3)c2c1. The summed E-state index contributed by atoms with van der Waals surface area (Å²) in [6, 6.07) is 8.20. The number of piperidine rings is 1. The first-order valence-electron chi connectivity index (χ1n) is 11.1. The van der Waals surface area contributed by atoms with Crippen LogP contribution in [0.4, 0.5) is 4.79 Å². The number of nitriles is 1. The number of ether oxygens (including phenoxy) is 2. The number of rotatable bonds is 6. The van der Waals surface area contributed by atoms with E-state index in [9.17, 15) is 10.1 Å². The molecular formula is C25H32ClN3O3. The average molecular weight is 458 g/mol. The summed E-state index contributed by atoms with van der Waals surface area (Å²) in [4.78, 5) is 18.6. The number of amides is 1. The molecule has 6 nitrogen and oxygen atoms in total. The number of hydrogen-bond acceptors (Lipinski definition) is 5. The van der Waals surface area contributed by atoms with Gasteiger partial charge in [0.05, 0.1) is 23.7 Å². The van der Waals surface area contributed by atoms with E-state index in [1.165, 1.54) is 0 Å². The molecule has 32 heavy (non-hydrogen) atoms. The van der Waals surface area contributed by atoms with Gasteiger partial charge in [-0.3, -0.25) is 4.98 Å². The number of carbonyl (C=O) groups is 1. The van der Waals surface area contributed by atoms with Gasteiger partial charge in [-0.2, -0.15) is 5.26 Å². The molecule has 2 heterocycles. The number of fused-ring (bicyclic) bond motifs is 1. The third-order valence-electron chi connectivity index (χ3n) is 6.20. The molecule has 2 aromatic rings. The van der Waals surface area contributed by atoms with Crippen molar-refractivity contribution in [1.29, 1.82) is 5.26 Å². The zero-order chi connectivity index (χ0) is 23.4. The van der Waals surface area contributed by atoms with Crippen molar-refractivity contribution in [3.8, 4) is 11.8 Å². The van der Waals surface area contributed by atoms with Gasteiger partial charge in [0.25, 0.3) is 0 Å². The molecular weight excluding hydrogens is 426 g/mol. The lowest BCUT2D eigenvalue weighted by Crippen LogP contribution is -2.45. The number of aromatic nitrogens is 1. The fourth-order valence-electron chi connectivity index (χ4n) is 4.40. The Morgan fingerprint density at radius 3 is 2.66 bits per heavy atom. The number of pyridine rings is 1. The predicted molar refractivity (Wildman–Crippen MR) is 126 cm³/mol. The number of benzene rings is 1. The van der Waals surface area contributed by atoms with Crippen LogP contribution in [0, 0.1) is 16.7 Å². The van der Waals surface area contributed by atoms with Crippen LogP contribution in [-0.4, -0.2) is 41.8 Å². The maximum absolute atomic E-state index is 12.4. The van der Waals surface area contributed by atoms with Crippen molar-refractivity contribution in [2.45, 2.75) is 64.9 Å². The molecule has 1 aliphatic rings. The van der Waals surface area contributed by atoms with E-state index in [0.717, 1.165) is 54.3 Å². The fraction of sp³-hybridized carbons (Fsp3) is 0.560. The van der Waals surface area contributed by atoms with Gasteiger partial charge in [-0.05, 0) is 82.1 Å². The third kappa shape index (κ3) is 5.83. The Bertz CT molecular complexity index is 1000. The van der Waals surface area contributed by atoms with Gasteiger partial charge in [-0.25, -0.2) is 4.79 Å². The maximum atomic E-state index is 12.4. The van der Waals surface area contributed by atoms with Gasteiger partial charge in [-0.15, -0.1) is 0 Å². The highest BCUT2D eigenvalue weighted by molar-refractivity contribution is 6.32. The molecule has 0 N–H and O–H groups in total. The van der Waals surface area contributed by atoms with Crippen LogP contribution in [0.15, 0.2) is 24.4 Å². The Hall–Kier alpha value is -2.52. The molecule has 0 saturated carbocycles. The van der Waals surface area contributed by atoms with Gasteiger partial charge >= 0.3 is 6.09 Å². The minimum absolute atomic E-state index is 0.0831. The van der Waals surface area contributed by atoms with Crippen molar-refractivity contribution in [3.63, 3.8) is 0 Å². The average Bonchev–Trinajstić information content (AvgIpc) is 2.74. The smallest absolute Gasteiger partial charge is 0.410 e. The summed E-state index contributed by atoms with van der Waals surface area (Å²) < 4.78 is 10.9. The summed E-state index contributed by atoms with van der Waals surface area (Å²) in [5, 5.41) is 11.1. The molecule has 0 spiro atoms. The number of halogens is 1. The first-order valence-corrected chi connectivity index (χ1v) is 11.5. The fourth-order valence-corrected chi connectivity index (χ4v) is 4.64. The Morgan fingerprint density at radius 2 is 2.03 bits per heavy atom. The molecule has 0 aliphatic carbocycles. The van der Waals surface area contributed by atoms with Crippen molar-refractivity contribution in [1.82, 2.24) is 9.88 Å². The highest BCUT2D eigenvalue weighted by atomic mass is 35.5. The summed E-state index contributed by atoms with van der Waals surface area (Å²) in [6.07, 6.45) is 6.15. The Kier molecular flexibility index (Phi) is 7.51. The molecule has 0 atom stereocenters. The standard InChI is InChI=1S/C25H32ClN3O3/c1-24(2,3)32-23(30)29-14-11-25(10-13-27,12-15-29)9-5-6-19-20-16-18(31-4)7-8-22(20)28-17-21(19)26/h7-8,16-17H,5-6,9-12,14-15H2,1-4H3. The maximum Gasteiger partial charge on any atom is 0.410 e. The molecule has 1 saturated heterocycles. The number of carbonyl (C=O) groups excluding carboxylic acids is 1. The van der Waals surface area contributed by atoms with Crippen LogP contribution in [-0.2, 0) is 11.2 Å². The van der Waals surface area contributed by atoms with E-state index < -0.39 is 5.60 Å². The minimum Gasteiger partial charge on any atom is -0.497 e. The van der Waals surface area contributed by atoms with Crippen molar-refractivity contribution in [2.75, 3.05) is 20.2 Å². The predicted octanol–water partition coefficient (Wildman–Crippen LogP) is 6.15. The quantitative estimate of drug-likeness (QED) is 0.519. The molecule has 7 heteroatoms. The van der Waals surface area contributed by atoms with Gasteiger partial charge in [0.15, 0.2) is 0 Å². The normalized spacial score (nSPS) is 15.9. The van der Waals surface area contributed by atoms with Gasteiger partial charge < -0.3 is 14.4 Å². The topological polar surface area (TPSA) is 75.5 Å². The molecule has 1 aromatic carbocycles. The van der Waals surface area contributed by atoms with Gasteiger partial charge in [-0.1, -0.05) is 11.6 Å². The number of methoxy groups -OCH3 is 1. The van der Waals surface area contributed by atoms with Crippen LogP contribution in [0.2, 0.25) is 5.02 Å². The number of hydrogen-bond donors (Lipinski definition) is 0. The summed E-state index contributed by atoms with van der Waals surface area (Å²) in [6.45, 7) is 6.86. The summed E-state index contributed by atoms with van der Waals surface area (Å²) in [5.74, 6) is 0.776. The molecule has 3 rings (SSSR count). The molecule has 1 fully saturated rings. The van der Waals surface area contributed by atoms with E-state index in [1.54, 1.807) is 18.2 Å². The van der Waals surface area contributed by atoms with Crippen LogP contribution in [0.3, 0.4) is 0 Å². The molecule has 1 aliphatic heterocycles. The van der Waals surface area contributed by atoms with Gasteiger partial charge in [0.1, 0.15) is 11.4 Å². The van der Waals surface area contributed by atoms with Crippen molar-refractivity contribution >= 4 is 28.6 Å². The Morgan fingerprint density at radius 1 is 1.31 bits per heavy atom. The lowest BCUT2D eigenvalue weighted by atomic mass is 9.72.